The average Bonchev–Trinajstić information content (AvgIpc) is 2.98. The van der Waals surface area contributed by atoms with Gasteiger partial charge in [-0.2, -0.15) is 0 Å². The SMILES string of the molecule is CCN(CCCNC(=O)Cn1c(=O)oc2ccccc21)c1ccccc1. The van der Waals surface area contributed by atoms with Crippen molar-refractivity contribution in [1.29, 1.82) is 0 Å². The number of rotatable bonds is 8. The van der Waals surface area contributed by atoms with Crippen molar-refractivity contribution in [3.8, 4) is 0 Å². The van der Waals surface area contributed by atoms with Crippen molar-refractivity contribution >= 4 is 22.7 Å². The van der Waals surface area contributed by atoms with Gasteiger partial charge in [0.05, 0.1) is 5.52 Å². The molecule has 3 aromatic rings. The minimum Gasteiger partial charge on any atom is -0.408 e. The fourth-order valence-corrected chi connectivity index (χ4v) is 2.97. The van der Waals surface area contributed by atoms with Crippen molar-refractivity contribution in [1.82, 2.24) is 9.88 Å². The van der Waals surface area contributed by atoms with Crippen LogP contribution >= 0.6 is 0 Å². The van der Waals surface area contributed by atoms with Crippen LogP contribution in [0.5, 0.6) is 0 Å². The Morgan fingerprint density at radius 2 is 1.85 bits per heavy atom. The zero-order valence-corrected chi connectivity index (χ0v) is 14.9. The van der Waals surface area contributed by atoms with Crippen LogP contribution in [0.25, 0.3) is 11.1 Å². The third-order valence-electron chi connectivity index (χ3n) is 4.31. The standard InChI is InChI=1S/C20H23N3O3/c1-2-22(16-9-4-3-5-10-16)14-8-13-21-19(24)15-23-17-11-6-7-12-18(17)26-20(23)25/h3-7,9-12H,2,8,13-15H2,1H3,(H,21,24). The fraction of sp³-hybridized carbons (Fsp3) is 0.300. The van der Waals surface area contributed by atoms with E-state index in [9.17, 15) is 9.59 Å². The van der Waals surface area contributed by atoms with E-state index in [-0.39, 0.29) is 12.5 Å². The van der Waals surface area contributed by atoms with Gasteiger partial charge >= 0.3 is 5.76 Å². The van der Waals surface area contributed by atoms with Gasteiger partial charge in [-0.25, -0.2) is 4.79 Å². The van der Waals surface area contributed by atoms with E-state index >= 15 is 0 Å². The Morgan fingerprint density at radius 1 is 1.12 bits per heavy atom. The van der Waals surface area contributed by atoms with E-state index in [1.54, 1.807) is 18.2 Å². The van der Waals surface area contributed by atoms with Crippen LogP contribution in [0.4, 0.5) is 5.69 Å². The van der Waals surface area contributed by atoms with Crippen molar-refractivity contribution in [2.75, 3.05) is 24.5 Å². The Bertz CT molecular complexity index is 915. The van der Waals surface area contributed by atoms with Crippen molar-refractivity contribution in [3.63, 3.8) is 0 Å². The van der Waals surface area contributed by atoms with Crippen LogP contribution in [0.1, 0.15) is 13.3 Å². The molecule has 0 aliphatic carbocycles. The van der Waals surface area contributed by atoms with Gasteiger partial charge in [-0.3, -0.25) is 9.36 Å². The molecule has 0 atom stereocenters. The summed E-state index contributed by atoms with van der Waals surface area (Å²) in [5, 5.41) is 2.88. The second-order valence-corrected chi connectivity index (χ2v) is 6.04. The van der Waals surface area contributed by atoms with Crippen LogP contribution in [0.15, 0.2) is 63.8 Å². The molecule has 1 aromatic heterocycles. The summed E-state index contributed by atoms with van der Waals surface area (Å²) < 4.78 is 6.50. The number of carbonyl (C=O) groups is 1. The van der Waals surface area contributed by atoms with Crippen molar-refractivity contribution in [2.45, 2.75) is 19.9 Å². The van der Waals surface area contributed by atoms with Gasteiger partial charge in [-0.05, 0) is 37.6 Å². The summed E-state index contributed by atoms with van der Waals surface area (Å²) in [6, 6.07) is 17.3. The largest absolute Gasteiger partial charge is 0.420 e. The van der Waals surface area contributed by atoms with Crippen LogP contribution < -0.4 is 16.0 Å². The quantitative estimate of drug-likeness (QED) is 0.632. The highest BCUT2D eigenvalue weighted by Crippen LogP contribution is 2.13. The van der Waals surface area contributed by atoms with E-state index in [1.165, 1.54) is 10.3 Å². The molecule has 0 saturated carbocycles. The second kappa shape index (κ2) is 8.38. The summed E-state index contributed by atoms with van der Waals surface area (Å²) in [5.41, 5.74) is 2.30. The number of carbonyl (C=O) groups excluding carboxylic acids is 1. The summed E-state index contributed by atoms with van der Waals surface area (Å²) in [6.45, 7) is 4.41. The number of amides is 1. The van der Waals surface area contributed by atoms with Gasteiger partial charge < -0.3 is 14.6 Å². The van der Waals surface area contributed by atoms with Gasteiger partial charge in [0.1, 0.15) is 6.54 Å². The number of nitrogens with zero attached hydrogens (tertiary/aromatic N) is 2. The molecule has 1 heterocycles. The number of hydrogen-bond donors (Lipinski definition) is 1. The monoisotopic (exact) mass is 353 g/mol. The number of anilines is 1. The smallest absolute Gasteiger partial charge is 0.408 e. The molecule has 136 valence electrons. The Morgan fingerprint density at radius 3 is 2.62 bits per heavy atom. The van der Waals surface area contributed by atoms with Gasteiger partial charge in [-0.1, -0.05) is 30.3 Å². The third-order valence-corrected chi connectivity index (χ3v) is 4.31. The summed E-state index contributed by atoms with van der Waals surface area (Å²) in [7, 11) is 0. The molecule has 0 saturated heterocycles. The minimum absolute atomic E-state index is 0.0357. The van der Waals surface area contributed by atoms with E-state index in [0.717, 1.165) is 19.5 Å². The Labute approximate surface area is 152 Å². The number of para-hydroxylation sites is 3. The maximum Gasteiger partial charge on any atom is 0.420 e. The first-order valence-electron chi connectivity index (χ1n) is 8.84. The predicted octanol–water partition coefficient (Wildman–Crippen LogP) is 2.63. The van der Waals surface area contributed by atoms with Crippen molar-refractivity contribution in [3.05, 3.63) is 65.1 Å². The van der Waals surface area contributed by atoms with Gasteiger partial charge in [-0.15, -0.1) is 0 Å². The van der Waals surface area contributed by atoms with Crippen molar-refractivity contribution in [2.24, 2.45) is 0 Å². The molecule has 0 aliphatic heterocycles. The van der Waals surface area contributed by atoms with E-state index in [0.29, 0.717) is 17.6 Å². The number of aromatic nitrogens is 1. The number of benzene rings is 2. The Balaban J connectivity index is 1.50. The minimum atomic E-state index is -0.511. The van der Waals surface area contributed by atoms with Crippen LogP contribution in [0, 0.1) is 0 Å². The second-order valence-electron chi connectivity index (χ2n) is 6.04. The lowest BCUT2D eigenvalue weighted by molar-refractivity contribution is -0.121. The van der Waals surface area contributed by atoms with E-state index in [1.807, 2.05) is 24.3 Å². The lowest BCUT2D eigenvalue weighted by Crippen LogP contribution is -2.33. The molecule has 2 aromatic carbocycles. The molecule has 0 unspecified atom stereocenters. The molecule has 3 rings (SSSR count). The van der Waals surface area contributed by atoms with Gasteiger partial charge in [0.25, 0.3) is 0 Å². The summed E-state index contributed by atoms with van der Waals surface area (Å²) >= 11 is 0. The van der Waals surface area contributed by atoms with Crippen LogP contribution in [-0.4, -0.2) is 30.1 Å². The van der Waals surface area contributed by atoms with E-state index in [2.05, 4.69) is 29.3 Å². The zero-order chi connectivity index (χ0) is 18.4. The van der Waals surface area contributed by atoms with E-state index in [4.69, 9.17) is 4.42 Å². The van der Waals surface area contributed by atoms with Crippen LogP contribution in [0.2, 0.25) is 0 Å². The third kappa shape index (κ3) is 4.14. The normalized spacial score (nSPS) is 10.8. The molecule has 1 amide bonds. The predicted molar refractivity (Wildman–Crippen MR) is 102 cm³/mol. The number of oxazole rings is 1. The topological polar surface area (TPSA) is 67.5 Å². The molecule has 0 fully saturated rings. The molecular weight excluding hydrogens is 330 g/mol. The van der Waals surface area contributed by atoms with Gasteiger partial charge in [0.15, 0.2) is 5.58 Å². The highest BCUT2D eigenvalue weighted by molar-refractivity contribution is 5.79. The molecule has 6 heteroatoms. The maximum atomic E-state index is 12.2. The first-order chi connectivity index (χ1) is 12.7. The van der Waals surface area contributed by atoms with Crippen LogP contribution in [0.3, 0.4) is 0 Å². The molecule has 1 N–H and O–H groups in total. The lowest BCUT2D eigenvalue weighted by Gasteiger charge is -2.23. The fourth-order valence-electron chi connectivity index (χ4n) is 2.97. The number of hydrogen-bond acceptors (Lipinski definition) is 4. The highest BCUT2D eigenvalue weighted by Gasteiger charge is 2.12. The molecule has 0 aliphatic rings. The average molecular weight is 353 g/mol. The summed E-state index contributed by atoms with van der Waals surface area (Å²) in [6.07, 6.45) is 0.829. The molecule has 0 radical (unpaired) electrons. The highest BCUT2D eigenvalue weighted by atomic mass is 16.4. The summed E-state index contributed by atoms with van der Waals surface area (Å²) in [5.74, 6) is -0.705. The number of fused-ring (bicyclic) bond motifs is 1. The first kappa shape index (κ1) is 17.8. The molecule has 26 heavy (non-hydrogen) atoms. The summed E-state index contributed by atoms with van der Waals surface area (Å²) in [4.78, 5) is 26.3. The zero-order valence-electron chi connectivity index (χ0n) is 14.9. The first-order valence-corrected chi connectivity index (χ1v) is 8.84. The van der Waals surface area contributed by atoms with Gasteiger partial charge in [0.2, 0.25) is 5.91 Å². The maximum absolute atomic E-state index is 12.2. The number of nitrogens with one attached hydrogen (secondary N) is 1. The molecule has 0 bridgehead atoms. The van der Waals surface area contributed by atoms with E-state index < -0.39 is 5.76 Å². The molecule has 6 nitrogen and oxygen atoms in total. The van der Waals surface area contributed by atoms with Crippen molar-refractivity contribution < 1.29 is 9.21 Å². The van der Waals surface area contributed by atoms with Gasteiger partial charge in [0, 0.05) is 25.3 Å². The molecular formula is C20H23N3O3. The Hall–Kier alpha value is -3.02. The lowest BCUT2D eigenvalue weighted by atomic mass is 10.2. The van der Waals surface area contributed by atoms with Crippen LogP contribution in [-0.2, 0) is 11.3 Å². The Kier molecular flexibility index (Phi) is 5.73. The molecule has 0 spiro atoms.